The van der Waals surface area contributed by atoms with Crippen molar-refractivity contribution in [1.82, 2.24) is 20.4 Å². The first kappa shape index (κ1) is 28.2. The number of carbonyl (C=O) groups excluding carboxylic acids is 1. The second-order valence-electron chi connectivity index (χ2n) is 8.34. The monoisotopic (exact) mass is 548 g/mol. The first-order chi connectivity index (χ1) is 17.2. The molecule has 0 fully saturated rings. The molecule has 0 aliphatic carbocycles. The summed E-state index contributed by atoms with van der Waals surface area (Å²) in [5.74, 6) is -0.185. The van der Waals surface area contributed by atoms with Gasteiger partial charge in [-0.1, -0.05) is 60.1 Å². The van der Waals surface area contributed by atoms with E-state index in [4.69, 9.17) is 11.6 Å². The molecule has 0 unspecified atom stereocenters. The number of hydrogen-bond acceptors (Lipinski definition) is 3. The SMILES string of the molecule is CN(CCNC(=O)c1ccccc1)Cc1[nH]nc(-c2ccc(Cl)cc2)c1-c1ccccc1C(F)(F)F.Cl. The van der Waals surface area contributed by atoms with Crippen LogP contribution in [0, 0.1) is 0 Å². The smallest absolute Gasteiger partial charge is 0.351 e. The quantitative estimate of drug-likeness (QED) is 0.257. The van der Waals surface area contributed by atoms with Gasteiger partial charge in [0, 0.05) is 41.3 Å². The maximum atomic E-state index is 13.9. The lowest BCUT2D eigenvalue weighted by molar-refractivity contribution is -0.137. The van der Waals surface area contributed by atoms with Gasteiger partial charge < -0.3 is 5.32 Å². The van der Waals surface area contributed by atoms with Crippen LogP contribution in [-0.2, 0) is 12.7 Å². The van der Waals surface area contributed by atoms with Crippen molar-refractivity contribution in [2.24, 2.45) is 0 Å². The maximum Gasteiger partial charge on any atom is 0.417 e. The normalized spacial score (nSPS) is 11.3. The van der Waals surface area contributed by atoms with Crippen LogP contribution < -0.4 is 5.32 Å². The minimum atomic E-state index is -4.53. The Labute approximate surface area is 224 Å². The van der Waals surface area contributed by atoms with Crippen LogP contribution in [0.2, 0.25) is 5.02 Å². The van der Waals surface area contributed by atoms with Crippen molar-refractivity contribution in [3.05, 3.63) is 101 Å². The fourth-order valence-electron chi connectivity index (χ4n) is 3.95. The highest BCUT2D eigenvalue weighted by Gasteiger charge is 2.35. The Balaban J connectivity index is 0.00000380. The molecule has 0 saturated heterocycles. The van der Waals surface area contributed by atoms with Gasteiger partial charge in [0.15, 0.2) is 0 Å². The number of carbonyl (C=O) groups is 1. The lowest BCUT2D eigenvalue weighted by Gasteiger charge is -2.19. The van der Waals surface area contributed by atoms with Crippen molar-refractivity contribution >= 4 is 29.9 Å². The molecule has 5 nitrogen and oxygen atoms in total. The number of halogens is 5. The van der Waals surface area contributed by atoms with E-state index in [2.05, 4.69) is 15.5 Å². The van der Waals surface area contributed by atoms with Gasteiger partial charge in [0.25, 0.3) is 5.91 Å². The Morgan fingerprint density at radius 2 is 1.65 bits per heavy atom. The summed E-state index contributed by atoms with van der Waals surface area (Å²) in [6.07, 6.45) is -4.53. The number of rotatable bonds is 8. The number of likely N-dealkylation sites (N-methyl/N-ethyl adjacent to an activating group) is 1. The Hall–Kier alpha value is -3.33. The zero-order valence-corrected chi connectivity index (χ0v) is 21.4. The van der Waals surface area contributed by atoms with Gasteiger partial charge in [-0.3, -0.25) is 14.8 Å². The third-order valence-corrected chi connectivity index (χ3v) is 5.96. The Morgan fingerprint density at radius 3 is 2.32 bits per heavy atom. The molecule has 0 radical (unpaired) electrons. The summed E-state index contributed by atoms with van der Waals surface area (Å²) in [6, 6.07) is 21.1. The topological polar surface area (TPSA) is 61.0 Å². The molecular weight excluding hydrogens is 524 g/mol. The number of benzene rings is 3. The molecular formula is C27H25Cl2F3N4O. The van der Waals surface area contributed by atoms with Crippen LogP contribution in [-0.4, -0.2) is 41.1 Å². The van der Waals surface area contributed by atoms with Crippen LogP contribution >= 0.6 is 24.0 Å². The molecule has 194 valence electrons. The highest BCUT2D eigenvalue weighted by Crippen LogP contribution is 2.41. The summed E-state index contributed by atoms with van der Waals surface area (Å²) in [5, 5.41) is 10.7. The second-order valence-corrected chi connectivity index (χ2v) is 8.77. The van der Waals surface area contributed by atoms with Gasteiger partial charge in [-0.25, -0.2) is 0 Å². The van der Waals surface area contributed by atoms with E-state index in [-0.39, 0.29) is 23.9 Å². The first-order valence-electron chi connectivity index (χ1n) is 11.3. The van der Waals surface area contributed by atoms with E-state index in [1.165, 1.54) is 12.1 Å². The third-order valence-electron chi connectivity index (χ3n) is 5.70. The number of nitrogens with zero attached hydrogens (tertiary/aromatic N) is 2. The van der Waals surface area contributed by atoms with Crippen molar-refractivity contribution in [3.8, 4) is 22.4 Å². The van der Waals surface area contributed by atoms with Gasteiger partial charge in [-0.05, 0) is 42.9 Å². The molecule has 0 spiro atoms. The van der Waals surface area contributed by atoms with Crippen LogP contribution in [0.1, 0.15) is 21.6 Å². The summed E-state index contributed by atoms with van der Waals surface area (Å²) in [4.78, 5) is 14.2. The second kappa shape index (κ2) is 12.3. The standard InChI is InChI=1S/C27H24ClF3N4O.ClH/c1-35(16-15-32-26(36)19-7-3-2-4-8-19)17-23-24(21-9-5-6-10-22(21)27(29,30)31)25(34-33-23)18-11-13-20(28)14-12-18;/h2-14H,15-17H2,1H3,(H,32,36)(H,33,34);1H. The summed E-state index contributed by atoms with van der Waals surface area (Å²) >= 11 is 6.01. The average Bonchev–Trinajstić information content (AvgIpc) is 3.27. The van der Waals surface area contributed by atoms with Gasteiger partial charge >= 0.3 is 6.18 Å². The molecule has 10 heteroatoms. The van der Waals surface area contributed by atoms with Gasteiger partial charge in [0.05, 0.1) is 11.3 Å². The number of hydrogen-bond donors (Lipinski definition) is 2. The predicted molar refractivity (Wildman–Crippen MR) is 142 cm³/mol. The minimum Gasteiger partial charge on any atom is -0.351 e. The van der Waals surface area contributed by atoms with Gasteiger partial charge in [-0.2, -0.15) is 18.3 Å². The van der Waals surface area contributed by atoms with Crippen molar-refractivity contribution < 1.29 is 18.0 Å². The Morgan fingerprint density at radius 1 is 1.00 bits per heavy atom. The molecule has 0 bridgehead atoms. The fraction of sp³-hybridized carbons (Fsp3) is 0.185. The molecule has 2 N–H and O–H groups in total. The van der Waals surface area contributed by atoms with Crippen LogP contribution in [0.25, 0.3) is 22.4 Å². The number of aromatic nitrogens is 2. The molecule has 0 atom stereocenters. The lowest BCUT2D eigenvalue weighted by atomic mass is 9.94. The molecule has 0 aliphatic rings. The number of nitrogens with one attached hydrogen (secondary N) is 2. The van der Waals surface area contributed by atoms with Crippen molar-refractivity contribution in [3.63, 3.8) is 0 Å². The first-order valence-corrected chi connectivity index (χ1v) is 11.6. The Bertz CT molecular complexity index is 1330. The van der Waals surface area contributed by atoms with E-state index in [0.29, 0.717) is 52.7 Å². The molecule has 1 amide bonds. The van der Waals surface area contributed by atoms with Crippen molar-refractivity contribution in [1.29, 1.82) is 0 Å². The largest absolute Gasteiger partial charge is 0.417 e. The lowest BCUT2D eigenvalue weighted by Crippen LogP contribution is -2.32. The van der Waals surface area contributed by atoms with E-state index in [9.17, 15) is 18.0 Å². The zero-order valence-electron chi connectivity index (χ0n) is 19.8. The molecule has 1 heterocycles. The van der Waals surface area contributed by atoms with E-state index < -0.39 is 11.7 Å². The molecule has 0 saturated carbocycles. The molecule has 3 aromatic carbocycles. The number of amides is 1. The highest BCUT2D eigenvalue weighted by atomic mass is 35.5. The van der Waals surface area contributed by atoms with Gasteiger partial charge in [0.2, 0.25) is 0 Å². The summed E-state index contributed by atoms with van der Waals surface area (Å²) in [6.45, 7) is 1.15. The van der Waals surface area contributed by atoms with Gasteiger partial charge in [0.1, 0.15) is 5.69 Å². The average molecular weight is 549 g/mol. The molecule has 1 aromatic heterocycles. The maximum absolute atomic E-state index is 13.9. The van der Waals surface area contributed by atoms with Crippen molar-refractivity contribution in [2.75, 3.05) is 20.1 Å². The number of aromatic amines is 1. The van der Waals surface area contributed by atoms with Crippen LogP contribution in [0.5, 0.6) is 0 Å². The third kappa shape index (κ3) is 6.91. The van der Waals surface area contributed by atoms with Crippen molar-refractivity contribution in [2.45, 2.75) is 12.7 Å². The molecule has 4 rings (SSSR count). The minimum absolute atomic E-state index is 0. The van der Waals surface area contributed by atoms with Crippen LogP contribution in [0.15, 0.2) is 78.9 Å². The highest BCUT2D eigenvalue weighted by molar-refractivity contribution is 6.30. The van der Waals surface area contributed by atoms with E-state index >= 15 is 0 Å². The van der Waals surface area contributed by atoms with E-state index in [1.54, 1.807) is 54.6 Å². The van der Waals surface area contributed by atoms with E-state index in [0.717, 1.165) is 6.07 Å². The summed E-state index contributed by atoms with van der Waals surface area (Å²) in [5.41, 5.74) is 1.84. The van der Waals surface area contributed by atoms with Crippen LogP contribution in [0.4, 0.5) is 13.2 Å². The van der Waals surface area contributed by atoms with E-state index in [1.807, 2.05) is 18.0 Å². The molecule has 4 aromatic rings. The number of H-pyrrole nitrogens is 1. The van der Waals surface area contributed by atoms with Gasteiger partial charge in [-0.15, -0.1) is 12.4 Å². The van der Waals surface area contributed by atoms with Crippen LogP contribution in [0.3, 0.4) is 0 Å². The molecule has 37 heavy (non-hydrogen) atoms. The Kier molecular flexibility index (Phi) is 9.37. The molecule has 0 aliphatic heterocycles. The number of alkyl halides is 3. The predicted octanol–water partition coefficient (Wildman–Crippen LogP) is 6.70. The fourth-order valence-corrected chi connectivity index (χ4v) is 4.07. The summed E-state index contributed by atoms with van der Waals surface area (Å²) < 4.78 is 41.7. The zero-order chi connectivity index (χ0) is 25.7. The summed E-state index contributed by atoms with van der Waals surface area (Å²) in [7, 11) is 1.83.